The lowest BCUT2D eigenvalue weighted by molar-refractivity contribution is -0.102. The van der Waals surface area contributed by atoms with Crippen molar-refractivity contribution in [2.75, 3.05) is 0 Å². The number of aryl methyl sites for hydroxylation is 1. The number of benzene rings is 4. The maximum absolute atomic E-state index is 12.8. The molecule has 30 heavy (non-hydrogen) atoms. The van der Waals surface area contributed by atoms with Crippen molar-refractivity contribution < 1.29 is 9.90 Å². The first kappa shape index (κ1) is 19.9. The van der Waals surface area contributed by atoms with Gasteiger partial charge in [-0.25, -0.2) is 0 Å². The summed E-state index contributed by atoms with van der Waals surface area (Å²) in [6.45, 7) is -0.687. The molecule has 1 N–H and O–H groups in total. The molecule has 0 fully saturated rings. The monoisotopic (exact) mass is 410 g/mol. The molecule has 4 aromatic carbocycles. The van der Waals surface area contributed by atoms with Crippen molar-refractivity contribution >= 4 is 34.4 Å². The summed E-state index contributed by atoms with van der Waals surface area (Å²) in [6.07, 6.45) is 0.940. The molecule has 3 heteroatoms. The Morgan fingerprint density at radius 1 is 0.667 bits per heavy atom. The fourth-order valence-corrected chi connectivity index (χ4v) is 8.30. The molecule has 0 saturated heterocycles. The average Bonchev–Trinajstić information content (AvgIpc) is 2.81. The standard InChI is InChI=1S/C27H23O2P/c1-21-12-11-19-25(27(21)29)26(20-28)30(22-13-5-2-6-14-22,23-15-7-3-8-16-23)24-17-9-4-10-18-24/h2-20,29H,1H3. The third kappa shape index (κ3) is 3.30. The van der Waals surface area contributed by atoms with Gasteiger partial charge < -0.3 is 5.11 Å². The molecular weight excluding hydrogens is 387 g/mol. The Morgan fingerprint density at radius 3 is 1.50 bits per heavy atom. The first-order chi connectivity index (χ1) is 14.7. The Balaban J connectivity index is 2.30. The molecule has 0 saturated carbocycles. The number of hydrogen-bond acceptors (Lipinski definition) is 2. The predicted molar refractivity (Wildman–Crippen MR) is 128 cm³/mol. The lowest BCUT2D eigenvalue weighted by Crippen LogP contribution is -2.31. The minimum absolute atomic E-state index is 0.159. The van der Waals surface area contributed by atoms with E-state index in [-0.39, 0.29) is 5.75 Å². The number of para-hydroxylation sites is 1. The van der Waals surface area contributed by atoms with Gasteiger partial charge in [0.25, 0.3) is 0 Å². The van der Waals surface area contributed by atoms with Crippen LogP contribution in [0.4, 0.5) is 0 Å². The molecule has 148 valence electrons. The summed E-state index contributed by atoms with van der Waals surface area (Å²) in [5.74, 6) is 0.159. The van der Waals surface area contributed by atoms with Crippen LogP contribution in [0.25, 0.3) is 0 Å². The lowest BCUT2D eigenvalue weighted by Gasteiger charge is -2.31. The van der Waals surface area contributed by atoms with E-state index in [0.717, 1.165) is 27.8 Å². The molecule has 2 nitrogen and oxygen atoms in total. The number of aldehydes is 1. The molecule has 0 unspecified atom stereocenters. The van der Waals surface area contributed by atoms with Crippen molar-refractivity contribution in [3.05, 3.63) is 120 Å². The van der Waals surface area contributed by atoms with Crippen LogP contribution in [0.5, 0.6) is 5.75 Å². The number of hydrogen-bond donors (Lipinski definition) is 1. The van der Waals surface area contributed by atoms with Gasteiger partial charge in [-0.15, -0.1) is 0 Å². The highest BCUT2D eigenvalue weighted by molar-refractivity contribution is 7.96. The van der Waals surface area contributed by atoms with E-state index in [1.54, 1.807) is 0 Å². The number of carbonyl (C=O) groups excluding carboxylic acids is 1. The Hall–Kier alpha value is -3.35. The van der Waals surface area contributed by atoms with Gasteiger partial charge in [0.15, 0.2) is 6.29 Å². The molecule has 0 aliphatic rings. The summed E-state index contributed by atoms with van der Waals surface area (Å²) in [5, 5.41) is 14.8. The van der Waals surface area contributed by atoms with Crippen molar-refractivity contribution in [1.29, 1.82) is 0 Å². The number of rotatable bonds is 5. The van der Waals surface area contributed by atoms with Gasteiger partial charge in [0.2, 0.25) is 0 Å². The van der Waals surface area contributed by atoms with Gasteiger partial charge in [0, 0.05) is 10.9 Å². The molecule has 0 aliphatic carbocycles. The van der Waals surface area contributed by atoms with E-state index >= 15 is 0 Å². The van der Waals surface area contributed by atoms with E-state index < -0.39 is 6.89 Å². The third-order valence-corrected chi connectivity index (χ3v) is 9.70. The summed E-state index contributed by atoms with van der Waals surface area (Å²) in [4.78, 5) is 12.8. The van der Waals surface area contributed by atoms with E-state index in [1.807, 2.05) is 79.7 Å². The van der Waals surface area contributed by atoms with Crippen molar-refractivity contribution in [2.45, 2.75) is 6.92 Å². The summed E-state index contributed by atoms with van der Waals surface area (Å²) < 4.78 is 0. The fraction of sp³-hybridized carbons (Fsp3) is 0.0370. The molecule has 0 aromatic heterocycles. The first-order valence-corrected chi connectivity index (χ1v) is 11.7. The molecule has 0 aliphatic heterocycles. The highest BCUT2D eigenvalue weighted by atomic mass is 31.2. The van der Waals surface area contributed by atoms with Crippen molar-refractivity contribution in [3.63, 3.8) is 0 Å². The molecule has 4 aromatic rings. The van der Waals surface area contributed by atoms with Crippen LogP contribution in [0, 0.1) is 6.92 Å². The summed E-state index contributed by atoms with van der Waals surface area (Å²) >= 11 is 0. The minimum Gasteiger partial charge on any atom is -0.507 e. The van der Waals surface area contributed by atoms with E-state index in [4.69, 9.17) is 0 Å². The Labute approximate surface area is 177 Å². The minimum atomic E-state index is -2.54. The number of phenolic OH excluding ortho intramolecular Hbond substituents is 1. The summed E-state index contributed by atoms with van der Waals surface area (Å²) in [6, 6.07) is 36.1. The largest absolute Gasteiger partial charge is 0.507 e. The van der Waals surface area contributed by atoms with Crippen LogP contribution >= 0.6 is 6.89 Å². The average molecular weight is 410 g/mol. The van der Waals surface area contributed by atoms with Gasteiger partial charge in [0.05, 0.1) is 0 Å². The summed E-state index contributed by atoms with van der Waals surface area (Å²) in [7, 11) is 0. The second-order valence-electron chi connectivity index (χ2n) is 7.15. The zero-order valence-electron chi connectivity index (χ0n) is 16.8. The second-order valence-corrected chi connectivity index (χ2v) is 10.5. The van der Waals surface area contributed by atoms with Crippen LogP contribution in [0.1, 0.15) is 11.1 Å². The van der Waals surface area contributed by atoms with E-state index in [1.165, 1.54) is 0 Å². The maximum Gasteiger partial charge on any atom is 0.151 e. The van der Waals surface area contributed by atoms with E-state index in [0.29, 0.717) is 10.9 Å². The topological polar surface area (TPSA) is 37.3 Å². The number of aromatic hydroxyl groups is 1. The Morgan fingerprint density at radius 2 is 1.10 bits per heavy atom. The Kier molecular flexibility index (Phi) is 5.70. The zero-order chi connectivity index (χ0) is 21.0. The smallest absolute Gasteiger partial charge is 0.151 e. The van der Waals surface area contributed by atoms with Crippen LogP contribution < -0.4 is 15.9 Å². The van der Waals surface area contributed by atoms with Crippen LogP contribution in [-0.2, 0) is 4.79 Å². The van der Waals surface area contributed by atoms with Gasteiger partial charge in [-0.1, -0.05) is 109 Å². The molecule has 0 spiro atoms. The van der Waals surface area contributed by atoms with Crippen LogP contribution in [-0.4, -0.2) is 16.7 Å². The van der Waals surface area contributed by atoms with Crippen molar-refractivity contribution in [2.24, 2.45) is 0 Å². The number of carbonyl (C=O) groups is 1. The van der Waals surface area contributed by atoms with Gasteiger partial charge in [0.1, 0.15) is 5.75 Å². The second kappa shape index (κ2) is 8.57. The van der Waals surface area contributed by atoms with Crippen molar-refractivity contribution in [1.82, 2.24) is 0 Å². The molecule has 4 rings (SSSR count). The molecular formula is C27H23O2P. The Bertz CT molecular complexity index is 1110. The molecule has 0 heterocycles. The lowest BCUT2D eigenvalue weighted by atomic mass is 10.1. The predicted octanol–water partition coefficient (Wildman–Crippen LogP) is 4.41. The number of phenols is 1. The van der Waals surface area contributed by atoms with Gasteiger partial charge in [-0.2, -0.15) is 0 Å². The van der Waals surface area contributed by atoms with Crippen molar-refractivity contribution in [3.8, 4) is 5.75 Å². The molecule has 0 amide bonds. The van der Waals surface area contributed by atoms with E-state index in [2.05, 4.69) is 36.4 Å². The normalized spacial score (nSPS) is 11.1. The molecule has 0 radical (unpaired) electrons. The van der Waals surface area contributed by atoms with Crippen LogP contribution in [0.15, 0.2) is 109 Å². The van der Waals surface area contributed by atoms with Crippen LogP contribution in [0.3, 0.4) is 0 Å². The highest BCUT2D eigenvalue weighted by Gasteiger charge is 2.31. The molecule has 0 atom stereocenters. The first-order valence-electron chi connectivity index (χ1n) is 9.87. The SMILES string of the molecule is Cc1cccc(C(C=O)=P(c2ccccc2)(c2ccccc2)c2ccccc2)c1O. The van der Waals surface area contributed by atoms with Crippen LogP contribution in [0.2, 0.25) is 0 Å². The molecule has 0 bridgehead atoms. The quantitative estimate of drug-likeness (QED) is 0.391. The summed E-state index contributed by atoms with van der Waals surface area (Å²) in [5.41, 5.74) is 1.34. The third-order valence-electron chi connectivity index (χ3n) is 5.42. The van der Waals surface area contributed by atoms with Gasteiger partial charge >= 0.3 is 0 Å². The van der Waals surface area contributed by atoms with E-state index in [9.17, 15) is 9.90 Å². The fourth-order valence-electron chi connectivity index (χ4n) is 4.01. The van der Waals surface area contributed by atoms with Gasteiger partial charge in [-0.05, 0) is 35.3 Å². The zero-order valence-corrected chi connectivity index (χ0v) is 17.7. The highest BCUT2D eigenvalue weighted by Crippen LogP contribution is 2.48. The maximum atomic E-state index is 12.8. The van der Waals surface area contributed by atoms with Gasteiger partial charge in [-0.3, -0.25) is 4.79 Å².